The average molecular weight is 362 g/mol. The Bertz CT molecular complexity index is 811. The number of amides is 1. The normalized spacial score (nSPS) is 10.5. The topological polar surface area (TPSA) is 29.1 Å². The van der Waals surface area contributed by atoms with E-state index in [0.717, 1.165) is 16.1 Å². The summed E-state index contributed by atoms with van der Waals surface area (Å²) in [5, 5.41) is 5.96. The number of nitrogens with one attached hydrogen (secondary N) is 1. The van der Waals surface area contributed by atoms with Crippen LogP contribution in [0.25, 0.3) is 10.4 Å². The van der Waals surface area contributed by atoms with Crippen molar-refractivity contribution in [1.29, 1.82) is 0 Å². The van der Waals surface area contributed by atoms with Gasteiger partial charge in [0.25, 0.3) is 0 Å². The van der Waals surface area contributed by atoms with Crippen molar-refractivity contribution in [3.63, 3.8) is 0 Å². The van der Waals surface area contributed by atoms with Crippen LogP contribution in [0.1, 0.15) is 5.56 Å². The van der Waals surface area contributed by atoms with E-state index in [9.17, 15) is 4.79 Å². The summed E-state index contributed by atoms with van der Waals surface area (Å²) < 4.78 is 0. The molecule has 0 saturated carbocycles. The highest BCUT2D eigenvalue weighted by molar-refractivity contribution is 7.13. The van der Waals surface area contributed by atoms with Gasteiger partial charge in [0.05, 0.1) is 6.42 Å². The fourth-order valence-corrected chi connectivity index (χ4v) is 3.59. The second-order valence-corrected chi connectivity index (χ2v) is 6.71. The molecule has 3 rings (SSSR count). The van der Waals surface area contributed by atoms with Gasteiger partial charge >= 0.3 is 0 Å². The molecule has 1 heterocycles. The molecular formula is C18H13Cl2NOS. The van der Waals surface area contributed by atoms with E-state index < -0.39 is 0 Å². The fraction of sp³-hybridized carbons (Fsp3) is 0.0556. The number of carbonyl (C=O) groups is 1. The van der Waals surface area contributed by atoms with E-state index in [-0.39, 0.29) is 12.3 Å². The quantitative estimate of drug-likeness (QED) is 0.615. The Morgan fingerprint density at radius 1 is 0.957 bits per heavy atom. The summed E-state index contributed by atoms with van der Waals surface area (Å²) in [5.41, 5.74) is 2.42. The van der Waals surface area contributed by atoms with E-state index in [2.05, 4.69) is 5.32 Å². The molecule has 0 unspecified atom stereocenters. The highest BCUT2D eigenvalue weighted by atomic mass is 35.5. The average Bonchev–Trinajstić information content (AvgIpc) is 3.06. The van der Waals surface area contributed by atoms with Crippen molar-refractivity contribution in [1.82, 2.24) is 0 Å². The van der Waals surface area contributed by atoms with E-state index in [4.69, 9.17) is 23.2 Å². The zero-order chi connectivity index (χ0) is 16.2. The van der Waals surface area contributed by atoms with Gasteiger partial charge in [-0.3, -0.25) is 4.79 Å². The third-order valence-corrected chi connectivity index (χ3v) is 5.00. The lowest BCUT2D eigenvalue weighted by atomic mass is 10.1. The summed E-state index contributed by atoms with van der Waals surface area (Å²) in [6.45, 7) is 0. The van der Waals surface area contributed by atoms with E-state index >= 15 is 0 Å². The summed E-state index contributed by atoms with van der Waals surface area (Å²) in [5.74, 6) is -0.149. The molecule has 1 amide bonds. The van der Waals surface area contributed by atoms with Crippen molar-refractivity contribution in [2.45, 2.75) is 6.42 Å². The van der Waals surface area contributed by atoms with Crippen molar-refractivity contribution in [2.24, 2.45) is 0 Å². The Labute approximate surface area is 148 Å². The predicted molar refractivity (Wildman–Crippen MR) is 98.6 cm³/mol. The van der Waals surface area contributed by atoms with Crippen molar-refractivity contribution in [3.8, 4) is 10.4 Å². The van der Waals surface area contributed by atoms with Crippen molar-refractivity contribution in [2.75, 3.05) is 5.32 Å². The number of carbonyl (C=O) groups excluding carboxylic acids is 1. The molecule has 0 spiro atoms. The summed E-state index contributed by atoms with van der Waals surface area (Å²) in [6.07, 6.45) is 0.136. The molecule has 1 N–H and O–H groups in total. The standard InChI is InChI=1S/C18H13Cl2NOS/c19-14-6-3-7-15(20)13(14)11-18(22)21-16-8-2-1-5-12(16)17-9-4-10-23-17/h1-10H,11H2,(H,21,22). The first-order chi connectivity index (χ1) is 11.1. The number of hydrogen-bond donors (Lipinski definition) is 1. The van der Waals surface area contributed by atoms with Gasteiger partial charge in [0.15, 0.2) is 0 Å². The minimum absolute atomic E-state index is 0.136. The summed E-state index contributed by atoms with van der Waals surface area (Å²) in [7, 11) is 0. The number of para-hydroxylation sites is 1. The van der Waals surface area contributed by atoms with Gasteiger partial charge in [-0.2, -0.15) is 0 Å². The summed E-state index contributed by atoms with van der Waals surface area (Å²) >= 11 is 13.9. The molecule has 0 bridgehead atoms. The molecule has 3 aromatic rings. The zero-order valence-corrected chi connectivity index (χ0v) is 14.4. The lowest BCUT2D eigenvalue weighted by molar-refractivity contribution is -0.115. The second-order valence-electron chi connectivity index (χ2n) is 4.95. The van der Waals surface area contributed by atoms with E-state index in [0.29, 0.717) is 15.6 Å². The van der Waals surface area contributed by atoms with Gasteiger partial charge in [-0.15, -0.1) is 11.3 Å². The maximum absolute atomic E-state index is 12.4. The van der Waals surface area contributed by atoms with Crippen molar-refractivity contribution >= 4 is 46.1 Å². The lowest BCUT2D eigenvalue weighted by Gasteiger charge is -2.11. The lowest BCUT2D eigenvalue weighted by Crippen LogP contribution is -2.15. The molecule has 0 atom stereocenters. The van der Waals surface area contributed by atoms with Crippen LogP contribution in [0, 0.1) is 0 Å². The molecule has 0 aliphatic rings. The van der Waals surface area contributed by atoms with Gasteiger partial charge in [-0.1, -0.05) is 53.5 Å². The van der Waals surface area contributed by atoms with Crippen LogP contribution in [0.4, 0.5) is 5.69 Å². The summed E-state index contributed by atoms with van der Waals surface area (Å²) in [6, 6.07) is 17.0. The maximum Gasteiger partial charge on any atom is 0.228 e. The molecule has 2 aromatic carbocycles. The highest BCUT2D eigenvalue weighted by Crippen LogP contribution is 2.32. The molecule has 2 nitrogen and oxygen atoms in total. The Morgan fingerprint density at radius 2 is 1.70 bits per heavy atom. The first kappa shape index (κ1) is 16.1. The van der Waals surface area contributed by atoms with Crippen LogP contribution in [0.3, 0.4) is 0 Å². The number of thiophene rings is 1. The minimum atomic E-state index is -0.149. The van der Waals surface area contributed by atoms with Gasteiger partial charge in [0, 0.05) is 26.2 Å². The molecule has 1 aromatic heterocycles. The molecular weight excluding hydrogens is 349 g/mol. The highest BCUT2D eigenvalue weighted by Gasteiger charge is 2.13. The Balaban J connectivity index is 1.82. The molecule has 0 aliphatic heterocycles. The van der Waals surface area contributed by atoms with Crippen LogP contribution in [-0.2, 0) is 11.2 Å². The molecule has 0 saturated heterocycles. The van der Waals surface area contributed by atoms with E-state index in [1.54, 1.807) is 29.5 Å². The third-order valence-electron chi connectivity index (χ3n) is 3.39. The first-order valence-corrected chi connectivity index (χ1v) is 8.64. The Hall–Kier alpha value is -1.81. The number of benzene rings is 2. The fourth-order valence-electron chi connectivity index (χ4n) is 2.29. The number of halogens is 2. The molecule has 23 heavy (non-hydrogen) atoms. The van der Waals surface area contributed by atoms with Crippen LogP contribution in [0.2, 0.25) is 10.0 Å². The molecule has 116 valence electrons. The smallest absolute Gasteiger partial charge is 0.228 e. The summed E-state index contributed by atoms with van der Waals surface area (Å²) in [4.78, 5) is 13.5. The molecule has 0 radical (unpaired) electrons. The Kier molecular flexibility index (Phi) is 5.01. The first-order valence-electron chi connectivity index (χ1n) is 7.01. The van der Waals surface area contributed by atoms with Gasteiger partial charge in [-0.05, 0) is 35.2 Å². The molecule has 0 aliphatic carbocycles. The van der Waals surface area contributed by atoms with Crippen LogP contribution < -0.4 is 5.32 Å². The Morgan fingerprint density at radius 3 is 2.39 bits per heavy atom. The monoisotopic (exact) mass is 361 g/mol. The van der Waals surface area contributed by atoms with Gasteiger partial charge in [-0.25, -0.2) is 0 Å². The van der Waals surface area contributed by atoms with Crippen LogP contribution >= 0.6 is 34.5 Å². The maximum atomic E-state index is 12.4. The third kappa shape index (κ3) is 3.75. The van der Waals surface area contributed by atoms with Gasteiger partial charge < -0.3 is 5.32 Å². The zero-order valence-electron chi connectivity index (χ0n) is 12.1. The number of hydrogen-bond acceptors (Lipinski definition) is 2. The van der Waals surface area contributed by atoms with Gasteiger partial charge in [0.2, 0.25) is 5.91 Å². The van der Waals surface area contributed by atoms with Crippen LogP contribution in [0.5, 0.6) is 0 Å². The number of anilines is 1. The van der Waals surface area contributed by atoms with Crippen molar-refractivity contribution in [3.05, 3.63) is 75.6 Å². The van der Waals surface area contributed by atoms with E-state index in [1.165, 1.54) is 0 Å². The van der Waals surface area contributed by atoms with Crippen molar-refractivity contribution < 1.29 is 4.79 Å². The molecule has 0 fully saturated rings. The predicted octanol–water partition coefficient (Wildman–Crippen LogP) is 5.90. The number of rotatable bonds is 4. The van der Waals surface area contributed by atoms with Crippen LogP contribution in [-0.4, -0.2) is 5.91 Å². The largest absolute Gasteiger partial charge is 0.325 e. The van der Waals surface area contributed by atoms with E-state index in [1.807, 2.05) is 41.8 Å². The van der Waals surface area contributed by atoms with Crippen LogP contribution in [0.15, 0.2) is 60.0 Å². The minimum Gasteiger partial charge on any atom is -0.325 e. The second kappa shape index (κ2) is 7.18. The molecule has 5 heteroatoms. The van der Waals surface area contributed by atoms with Gasteiger partial charge in [0.1, 0.15) is 0 Å². The SMILES string of the molecule is O=C(Cc1c(Cl)cccc1Cl)Nc1ccccc1-c1cccs1.